The van der Waals surface area contributed by atoms with Gasteiger partial charge in [0.2, 0.25) is 5.91 Å². The molecule has 1 aliphatic heterocycles. The second-order valence-electron chi connectivity index (χ2n) is 6.75. The number of ether oxygens (including phenoxy) is 1. The highest BCUT2D eigenvalue weighted by Crippen LogP contribution is 2.28. The number of piperazine rings is 1. The molecule has 0 aliphatic carbocycles. The largest absolute Gasteiger partial charge is 0.495 e. The van der Waals surface area contributed by atoms with E-state index in [0.29, 0.717) is 13.0 Å². The number of amides is 1. The number of primary amides is 1. The van der Waals surface area contributed by atoms with Gasteiger partial charge in [-0.25, -0.2) is 0 Å². The van der Waals surface area contributed by atoms with Crippen molar-refractivity contribution in [3.8, 4) is 5.75 Å². The lowest BCUT2D eigenvalue weighted by Gasteiger charge is -2.37. The second kappa shape index (κ2) is 8.72. The first-order valence-corrected chi connectivity index (χ1v) is 9.11. The molecule has 3 rings (SSSR count). The molecule has 1 aliphatic rings. The number of para-hydroxylation sites is 2. The lowest BCUT2D eigenvalue weighted by molar-refractivity contribution is -0.122. The van der Waals surface area contributed by atoms with E-state index in [1.165, 1.54) is 0 Å². The fourth-order valence-electron chi connectivity index (χ4n) is 3.53. The number of hydrogen-bond acceptors (Lipinski definition) is 4. The van der Waals surface area contributed by atoms with Crippen molar-refractivity contribution in [1.82, 2.24) is 4.90 Å². The van der Waals surface area contributed by atoms with Crippen molar-refractivity contribution >= 4 is 11.6 Å². The molecule has 1 amide bonds. The van der Waals surface area contributed by atoms with Gasteiger partial charge in [-0.2, -0.15) is 0 Å². The zero-order valence-electron chi connectivity index (χ0n) is 15.3. The van der Waals surface area contributed by atoms with Crippen molar-refractivity contribution in [3.05, 3.63) is 60.2 Å². The number of nitrogens with two attached hydrogens (primary N) is 1. The van der Waals surface area contributed by atoms with Crippen LogP contribution in [0, 0.1) is 5.92 Å². The van der Waals surface area contributed by atoms with Crippen LogP contribution in [-0.4, -0.2) is 50.6 Å². The maximum atomic E-state index is 11.9. The molecule has 0 spiro atoms. The van der Waals surface area contributed by atoms with Crippen molar-refractivity contribution in [1.29, 1.82) is 0 Å². The smallest absolute Gasteiger partial charge is 0.222 e. The van der Waals surface area contributed by atoms with Crippen molar-refractivity contribution < 1.29 is 9.53 Å². The van der Waals surface area contributed by atoms with Gasteiger partial charge in [0.25, 0.3) is 0 Å². The molecule has 138 valence electrons. The number of rotatable bonds is 7. The van der Waals surface area contributed by atoms with Gasteiger partial charge in [-0.15, -0.1) is 0 Å². The number of anilines is 1. The lowest BCUT2D eigenvalue weighted by Crippen LogP contribution is -2.49. The minimum atomic E-state index is -0.221. The quantitative estimate of drug-likeness (QED) is 0.829. The van der Waals surface area contributed by atoms with Gasteiger partial charge in [-0.05, 0) is 24.1 Å². The molecule has 1 atom stereocenters. The highest BCUT2D eigenvalue weighted by molar-refractivity contribution is 5.77. The summed E-state index contributed by atoms with van der Waals surface area (Å²) in [7, 11) is 1.70. The van der Waals surface area contributed by atoms with Crippen LogP contribution in [0.5, 0.6) is 5.75 Å². The fourth-order valence-corrected chi connectivity index (χ4v) is 3.53. The van der Waals surface area contributed by atoms with Gasteiger partial charge in [0.1, 0.15) is 5.75 Å². The molecule has 2 aromatic rings. The first-order chi connectivity index (χ1) is 12.7. The van der Waals surface area contributed by atoms with E-state index in [1.807, 2.05) is 36.4 Å². The number of carbonyl (C=O) groups is 1. The molecule has 1 saturated heterocycles. The van der Waals surface area contributed by atoms with E-state index in [-0.39, 0.29) is 11.8 Å². The van der Waals surface area contributed by atoms with Gasteiger partial charge < -0.3 is 15.4 Å². The Balaban J connectivity index is 1.57. The fraction of sp³-hybridized carbons (Fsp3) is 0.381. The van der Waals surface area contributed by atoms with Gasteiger partial charge in [-0.1, -0.05) is 42.5 Å². The number of carbonyl (C=O) groups excluding carboxylic acids is 1. The summed E-state index contributed by atoms with van der Waals surface area (Å²) >= 11 is 0. The summed E-state index contributed by atoms with van der Waals surface area (Å²) in [5.74, 6) is 0.524. The van der Waals surface area contributed by atoms with Crippen LogP contribution in [0.15, 0.2) is 54.6 Å². The SMILES string of the molecule is COc1ccccc1N1CCN(CC(Cc2ccccc2)C(N)=O)CC1. The van der Waals surface area contributed by atoms with Crippen molar-refractivity contribution in [2.45, 2.75) is 6.42 Å². The summed E-state index contributed by atoms with van der Waals surface area (Å²) < 4.78 is 5.47. The Morgan fingerprint density at radius 3 is 2.35 bits per heavy atom. The zero-order valence-corrected chi connectivity index (χ0v) is 15.3. The Morgan fingerprint density at radius 2 is 1.69 bits per heavy atom. The van der Waals surface area contributed by atoms with Gasteiger partial charge >= 0.3 is 0 Å². The third-order valence-corrected chi connectivity index (χ3v) is 5.00. The predicted octanol–water partition coefficient (Wildman–Crippen LogP) is 2.16. The third kappa shape index (κ3) is 4.55. The summed E-state index contributed by atoms with van der Waals surface area (Å²) in [6, 6.07) is 18.2. The molecule has 1 fully saturated rings. The summed E-state index contributed by atoms with van der Waals surface area (Å²) in [6.45, 7) is 4.37. The average molecular weight is 353 g/mol. The molecular weight excluding hydrogens is 326 g/mol. The molecule has 0 radical (unpaired) electrons. The summed E-state index contributed by atoms with van der Waals surface area (Å²) in [5.41, 5.74) is 7.95. The minimum absolute atomic E-state index is 0.157. The van der Waals surface area contributed by atoms with E-state index >= 15 is 0 Å². The van der Waals surface area contributed by atoms with Crippen LogP contribution in [0.1, 0.15) is 5.56 Å². The molecule has 26 heavy (non-hydrogen) atoms. The maximum Gasteiger partial charge on any atom is 0.222 e. The zero-order chi connectivity index (χ0) is 18.4. The van der Waals surface area contributed by atoms with Gasteiger partial charge in [0.15, 0.2) is 0 Å². The van der Waals surface area contributed by atoms with Crippen LogP contribution < -0.4 is 15.4 Å². The van der Waals surface area contributed by atoms with Crippen LogP contribution in [-0.2, 0) is 11.2 Å². The molecule has 0 aromatic heterocycles. The van der Waals surface area contributed by atoms with Gasteiger partial charge in [0.05, 0.1) is 18.7 Å². The Hall–Kier alpha value is -2.53. The van der Waals surface area contributed by atoms with E-state index in [0.717, 1.165) is 43.2 Å². The second-order valence-corrected chi connectivity index (χ2v) is 6.75. The van der Waals surface area contributed by atoms with Gasteiger partial charge in [-0.3, -0.25) is 9.69 Å². The minimum Gasteiger partial charge on any atom is -0.495 e. The molecule has 1 unspecified atom stereocenters. The average Bonchev–Trinajstić information content (AvgIpc) is 2.69. The van der Waals surface area contributed by atoms with E-state index in [1.54, 1.807) is 7.11 Å². The van der Waals surface area contributed by atoms with E-state index in [2.05, 4.69) is 28.0 Å². The van der Waals surface area contributed by atoms with Crippen LogP contribution >= 0.6 is 0 Å². The molecule has 2 aromatic carbocycles. The predicted molar refractivity (Wildman–Crippen MR) is 104 cm³/mol. The Morgan fingerprint density at radius 1 is 1.04 bits per heavy atom. The number of methoxy groups -OCH3 is 1. The maximum absolute atomic E-state index is 11.9. The molecule has 5 heteroatoms. The van der Waals surface area contributed by atoms with Gasteiger partial charge in [0, 0.05) is 32.7 Å². The monoisotopic (exact) mass is 353 g/mol. The van der Waals surface area contributed by atoms with E-state index < -0.39 is 0 Å². The molecule has 0 saturated carbocycles. The highest BCUT2D eigenvalue weighted by atomic mass is 16.5. The lowest BCUT2D eigenvalue weighted by atomic mass is 9.98. The van der Waals surface area contributed by atoms with Crippen LogP contribution in [0.25, 0.3) is 0 Å². The molecule has 0 bridgehead atoms. The number of nitrogens with zero attached hydrogens (tertiary/aromatic N) is 2. The summed E-state index contributed by atoms with van der Waals surface area (Å²) in [4.78, 5) is 16.6. The Bertz CT molecular complexity index is 712. The van der Waals surface area contributed by atoms with Crippen molar-refractivity contribution in [2.24, 2.45) is 11.7 Å². The van der Waals surface area contributed by atoms with Crippen LogP contribution in [0.4, 0.5) is 5.69 Å². The normalized spacial score (nSPS) is 16.3. The topological polar surface area (TPSA) is 58.8 Å². The Labute approximate surface area is 155 Å². The first kappa shape index (κ1) is 18.3. The Kier molecular flexibility index (Phi) is 6.12. The molecule has 1 heterocycles. The first-order valence-electron chi connectivity index (χ1n) is 9.11. The molecule has 5 nitrogen and oxygen atoms in total. The summed E-state index contributed by atoms with van der Waals surface area (Å²) in [6.07, 6.45) is 0.697. The summed E-state index contributed by atoms with van der Waals surface area (Å²) in [5, 5.41) is 0. The van der Waals surface area contributed by atoms with E-state index in [4.69, 9.17) is 10.5 Å². The standard InChI is InChI=1S/C21H27N3O2/c1-26-20-10-6-5-9-19(20)24-13-11-23(12-14-24)16-18(21(22)25)15-17-7-3-2-4-8-17/h2-10,18H,11-16H2,1H3,(H2,22,25). The highest BCUT2D eigenvalue weighted by Gasteiger charge is 2.24. The van der Waals surface area contributed by atoms with Crippen molar-refractivity contribution in [2.75, 3.05) is 44.7 Å². The van der Waals surface area contributed by atoms with E-state index in [9.17, 15) is 4.79 Å². The molecule has 2 N–H and O–H groups in total. The third-order valence-electron chi connectivity index (χ3n) is 5.00. The van der Waals surface area contributed by atoms with Crippen molar-refractivity contribution in [3.63, 3.8) is 0 Å². The number of benzene rings is 2. The molecular formula is C21H27N3O2. The van der Waals surface area contributed by atoms with Crippen LogP contribution in [0.2, 0.25) is 0 Å². The van der Waals surface area contributed by atoms with Crippen LogP contribution in [0.3, 0.4) is 0 Å². The number of hydrogen-bond donors (Lipinski definition) is 1.